The lowest BCUT2D eigenvalue weighted by atomic mass is 10.1. The maximum Gasteiger partial charge on any atom is 0.335 e. The summed E-state index contributed by atoms with van der Waals surface area (Å²) >= 11 is 0. The normalized spacial score (nSPS) is 14.5. The van der Waals surface area contributed by atoms with Gasteiger partial charge in [0.2, 0.25) is 0 Å². The molecule has 0 bridgehead atoms. The van der Waals surface area contributed by atoms with Crippen molar-refractivity contribution in [1.29, 1.82) is 0 Å². The van der Waals surface area contributed by atoms with Crippen molar-refractivity contribution in [3.63, 3.8) is 0 Å². The highest BCUT2D eigenvalue weighted by Crippen LogP contribution is 2.34. The standard InChI is InChI=1S/C24H12N2O8/c27-19-15-6-4-11(23(31)32)8-17(15)21(29)25(19)13-2-1-3-14(10-13)26-20(28)16-7-5-12(24(33)34)9-18(16)22(26)30/h1-10H,(H,31,32)(H,33,34). The molecule has 0 aromatic heterocycles. The van der Waals surface area contributed by atoms with E-state index < -0.39 is 35.6 Å². The molecule has 34 heavy (non-hydrogen) atoms. The van der Waals surface area contributed by atoms with E-state index in [1.165, 1.54) is 48.5 Å². The Labute approximate surface area is 190 Å². The third-order valence-electron chi connectivity index (χ3n) is 5.61. The third kappa shape index (κ3) is 2.89. The molecule has 0 saturated carbocycles. The van der Waals surface area contributed by atoms with Crippen LogP contribution in [-0.4, -0.2) is 45.8 Å². The van der Waals surface area contributed by atoms with Gasteiger partial charge in [-0.25, -0.2) is 19.4 Å². The molecule has 0 aliphatic carbocycles. The fourth-order valence-electron chi connectivity index (χ4n) is 3.99. The van der Waals surface area contributed by atoms with E-state index in [1.807, 2.05) is 0 Å². The van der Waals surface area contributed by atoms with Crippen LogP contribution in [0, 0.1) is 0 Å². The van der Waals surface area contributed by atoms with Gasteiger partial charge in [-0.2, -0.15) is 0 Å². The molecular formula is C24H12N2O8. The molecule has 4 amide bonds. The Morgan fingerprint density at radius 1 is 0.529 bits per heavy atom. The Morgan fingerprint density at radius 3 is 1.29 bits per heavy atom. The second-order valence-electron chi connectivity index (χ2n) is 7.54. The van der Waals surface area contributed by atoms with E-state index >= 15 is 0 Å². The van der Waals surface area contributed by atoms with Crippen molar-refractivity contribution in [2.45, 2.75) is 0 Å². The first-order valence-electron chi connectivity index (χ1n) is 9.81. The maximum atomic E-state index is 12.9. The van der Waals surface area contributed by atoms with Crippen molar-refractivity contribution < 1.29 is 39.0 Å². The lowest BCUT2D eigenvalue weighted by Gasteiger charge is -2.18. The number of nitrogens with zero attached hydrogens (tertiary/aromatic N) is 2. The number of anilines is 2. The van der Waals surface area contributed by atoms with Crippen LogP contribution in [0.5, 0.6) is 0 Å². The Kier molecular flexibility index (Phi) is 4.40. The number of carbonyl (C=O) groups is 6. The highest BCUT2D eigenvalue weighted by molar-refractivity contribution is 6.36. The molecule has 2 N–H and O–H groups in total. The number of imide groups is 2. The summed E-state index contributed by atoms with van der Waals surface area (Å²) in [6.45, 7) is 0. The minimum Gasteiger partial charge on any atom is -0.478 e. The first-order chi connectivity index (χ1) is 16.2. The van der Waals surface area contributed by atoms with E-state index in [4.69, 9.17) is 10.2 Å². The van der Waals surface area contributed by atoms with Gasteiger partial charge < -0.3 is 10.2 Å². The molecule has 10 nitrogen and oxygen atoms in total. The Morgan fingerprint density at radius 2 is 0.912 bits per heavy atom. The van der Waals surface area contributed by atoms with Gasteiger partial charge in [-0.15, -0.1) is 0 Å². The van der Waals surface area contributed by atoms with Crippen LogP contribution in [0.25, 0.3) is 0 Å². The summed E-state index contributed by atoms with van der Waals surface area (Å²) < 4.78 is 0. The molecule has 0 unspecified atom stereocenters. The van der Waals surface area contributed by atoms with E-state index in [2.05, 4.69) is 0 Å². The van der Waals surface area contributed by atoms with Crippen molar-refractivity contribution in [3.05, 3.63) is 94.0 Å². The molecule has 10 heteroatoms. The SMILES string of the molecule is O=C(O)c1ccc2c(c1)C(=O)N(c1cccc(N3C(=O)c4ccc(C(=O)O)cc4C3=O)c1)C2=O. The molecule has 0 radical (unpaired) electrons. The topological polar surface area (TPSA) is 149 Å². The summed E-state index contributed by atoms with van der Waals surface area (Å²) in [4.78, 5) is 75.8. The van der Waals surface area contributed by atoms with Gasteiger partial charge in [0.1, 0.15) is 0 Å². The van der Waals surface area contributed by atoms with Gasteiger partial charge in [-0.1, -0.05) is 6.07 Å². The number of fused-ring (bicyclic) bond motifs is 2. The molecule has 0 spiro atoms. The average Bonchev–Trinajstić information content (AvgIpc) is 3.22. The van der Waals surface area contributed by atoms with Crippen molar-refractivity contribution in [3.8, 4) is 0 Å². The number of carbonyl (C=O) groups excluding carboxylic acids is 4. The van der Waals surface area contributed by atoms with Gasteiger partial charge >= 0.3 is 11.9 Å². The van der Waals surface area contributed by atoms with E-state index in [0.717, 1.165) is 21.9 Å². The monoisotopic (exact) mass is 456 g/mol. The number of carboxylic acids is 2. The zero-order chi connectivity index (χ0) is 24.3. The quantitative estimate of drug-likeness (QED) is 0.569. The van der Waals surface area contributed by atoms with Crippen LogP contribution in [0.1, 0.15) is 62.1 Å². The van der Waals surface area contributed by atoms with E-state index in [-0.39, 0.29) is 44.8 Å². The average molecular weight is 456 g/mol. The summed E-state index contributed by atoms with van der Waals surface area (Å²) in [5, 5.41) is 18.3. The molecule has 3 aromatic carbocycles. The van der Waals surface area contributed by atoms with Crippen LogP contribution < -0.4 is 9.80 Å². The smallest absolute Gasteiger partial charge is 0.335 e. The molecule has 3 aromatic rings. The number of hydrogen-bond acceptors (Lipinski definition) is 6. The molecule has 5 rings (SSSR count). The van der Waals surface area contributed by atoms with Gasteiger partial charge in [-0.05, 0) is 54.6 Å². The summed E-state index contributed by atoms with van der Waals surface area (Å²) in [7, 11) is 0. The molecule has 0 atom stereocenters. The fourth-order valence-corrected chi connectivity index (χ4v) is 3.99. The molecule has 2 heterocycles. The van der Waals surface area contributed by atoms with Crippen molar-refractivity contribution in [2.24, 2.45) is 0 Å². The summed E-state index contributed by atoms with van der Waals surface area (Å²) in [6.07, 6.45) is 0. The summed E-state index contributed by atoms with van der Waals surface area (Å²) in [5.74, 6) is -5.34. The van der Waals surface area contributed by atoms with Gasteiger partial charge in [-0.3, -0.25) is 19.2 Å². The lowest BCUT2D eigenvalue weighted by molar-refractivity contribution is 0.0686. The third-order valence-corrected chi connectivity index (χ3v) is 5.61. The minimum atomic E-state index is -1.25. The van der Waals surface area contributed by atoms with Gasteiger partial charge in [0.15, 0.2) is 0 Å². The van der Waals surface area contributed by atoms with Crippen molar-refractivity contribution >= 4 is 46.9 Å². The molecule has 0 saturated heterocycles. The van der Waals surface area contributed by atoms with E-state index in [9.17, 15) is 28.8 Å². The van der Waals surface area contributed by atoms with Crippen molar-refractivity contribution in [2.75, 3.05) is 9.80 Å². The van der Waals surface area contributed by atoms with Gasteiger partial charge in [0, 0.05) is 0 Å². The fraction of sp³-hybridized carbons (Fsp3) is 0. The highest BCUT2D eigenvalue weighted by atomic mass is 16.4. The van der Waals surface area contributed by atoms with Crippen molar-refractivity contribution in [1.82, 2.24) is 0 Å². The number of benzene rings is 3. The number of amides is 4. The zero-order valence-electron chi connectivity index (χ0n) is 17.0. The molecule has 166 valence electrons. The van der Waals surface area contributed by atoms with Crippen LogP contribution in [0.3, 0.4) is 0 Å². The number of aromatic carboxylic acids is 2. The number of carboxylic acid groups (broad SMARTS) is 2. The number of rotatable bonds is 4. The van der Waals surface area contributed by atoms with Crippen LogP contribution in [-0.2, 0) is 0 Å². The summed E-state index contributed by atoms with van der Waals surface area (Å²) in [6, 6.07) is 12.8. The first kappa shape index (κ1) is 20.8. The van der Waals surface area contributed by atoms with Crippen LogP contribution >= 0.6 is 0 Å². The largest absolute Gasteiger partial charge is 0.478 e. The molecular weight excluding hydrogens is 444 g/mol. The Hall–Kier alpha value is -5.12. The Bertz CT molecular complexity index is 1400. The summed E-state index contributed by atoms with van der Waals surface area (Å²) in [5.41, 5.74) is -0.240. The lowest BCUT2D eigenvalue weighted by Crippen LogP contribution is -2.31. The first-order valence-corrected chi connectivity index (χ1v) is 9.81. The minimum absolute atomic E-state index is 0.0299. The predicted molar refractivity (Wildman–Crippen MR) is 116 cm³/mol. The van der Waals surface area contributed by atoms with Crippen LogP contribution in [0.4, 0.5) is 11.4 Å². The second kappa shape index (κ2) is 7.20. The van der Waals surface area contributed by atoms with Gasteiger partial charge in [0.25, 0.3) is 23.6 Å². The highest BCUT2D eigenvalue weighted by Gasteiger charge is 2.40. The molecule has 2 aliphatic heterocycles. The molecule has 2 aliphatic rings. The molecule has 0 fully saturated rings. The van der Waals surface area contributed by atoms with Crippen LogP contribution in [0.15, 0.2) is 60.7 Å². The zero-order valence-corrected chi connectivity index (χ0v) is 17.0. The predicted octanol–water partition coefficient (Wildman–Crippen LogP) is 2.68. The maximum absolute atomic E-state index is 12.9. The van der Waals surface area contributed by atoms with Crippen LogP contribution in [0.2, 0.25) is 0 Å². The number of hydrogen-bond donors (Lipinski definition) is 2. The Balaban J connectivity index is 1.52. The van der Waals surface area contributed by atoms with E-state index in [1.54, 1.807) is 0 Å². The van der Waals surface area contributed by atoms with E-state index in [0.29, 0.717) is 0 Å². The second-order valence-corrected chi connectivity index (χ2v) is 7.54. The van der Waals surface area contributed by atoms with Gasteiger partial charge in [0.05, 0.1) is 44.8 Å².